The molecule has 0 saturated heterocycles. The fourth-order valence-corrected chi connectivity index (χ4v) is 3.71. The molecular formula is C24H23N3O3. The van der Waals surface area contributed by atoms with Crippen LogP contribution in [0.2, 0.25) is 0 Å². The summed E-state index contributed by atoms with van der Waals surface area (Å²) < 4.78 is 10.8. The van der Waals surface area contributed by atoms with Gasteiger partial charge in [0.2, 0.25) is 5.91 Å². The molecule has 3 aromatic rings. The number of rotatable bonds is 6. The Kier molecular flexibility index (Phi) is 5.48. The number of carbonyl (C=O) groups is 1. The highest BCUT2D eigenvalue weighted by atomic mass is 16.5. The van der Waals surface area contributed by atoms with Gasteiger partial charge in [0.15, 0.2) is 11.5 Å². The maximum atomic E-state index is 12.8. The molecule has 1 aliphatic heterocycles. The summed E-state index contributed by atoms with van der Waals surface area (Å²) in [7, 11) is 3.16. The van der Waals surface area contributed by atoms with E-state index >= 15 is 0 Å². The van der Waals surface area contributed by atoms with Gasteiger partial charge < -0.3 is 14.8 Å². The number of hydrogen-bond acceptors (Lipinski definition) is 5. The Morgan fingerprint density at radius 2 is 1.63 bits per heavy atom. The number of hydrogen-bond donors (Lipinski definition) is 1. The van der Waals surface area contributed by atoms with Crippen molar-refractivity contribution in [3.8, 4) is 22.6 Å². The van der Waals surface area contributed by atoms with Gasteiger partial charge in [-0.1, -0.05) is 19.1 Å². The Labute approximate surface area is 175 Å². The van der Waals surface area contributed by atoms with Crippen molar-refractivity contribution in [1.82, 2.24) is 4.98 Å². The molecule has 0 spiro atoms. The van der Waals surface area contributed by atoms with E-state index in [9.17, 15) is 4.79 Å². The molecule has 1 aliphatic rings. The number of aliphatic imine (C=N–C) groups is 1. The van der Waals surface area contributed by atoms with Gasteiger partial charge >= 0.3 is 0 Å². The topological polar surface area (TPSA) is 72.8 Å². The Balaban J connectivity index is 1.68. The number of nitrogens with one attached hydrogen (secondary N) is 1. The van der Waals surface area contributed by atoms with Crippen molar-refractivity contribution in [2.75, 3.05) is 19.5 Å². The van der Waals surface area contributed by atoms with Crippen molar-refractivity contribution < 1.29 is 14.3 Å². The van der Waals surface area contributed by atoms with E-state index in [1.807, 2.05) is 49.4 Å². The van der Waals surface area contributed by atoms with Crippen molar-refractivity contribution in [3.05, 3.63) is 66.5 Å². The van der Waals surface area contributed by atoms with E-state index in [0.29, 0.717) is 17.9 Å². The van der Waals surface area contributed by atoms with E-state index in [2.05, 4.69) is 10.3 Å². The third kappa shape index (κ3) is 3.64. The first-order valence-corrected chi connectivity index (χ1v) is 9.79. The number of aromatic nitrogens is 1. The van der Waals surface area contributed by atoms with E-state index in [0.717, 1.165) is 33.8 Å². The Bertz CT molecular complexity index is 1090. The third-order valence-corrected chi connectivity index (χ3v) is 5.24. The summed E-state index contributed by atoms with van der Waals surface area (Å²) in [5.41, 5.74) is 5.39. The predicted octanol–water partition coefficient (Wildman–Crippen LogP) is 4.98. The van der Waals surface area contributed by atoms with Gasteiger partial charge in [-0.3, -0.25) is 14.8 Å². The summed E-state index contributed by atoms with van der Waals surface area (Å²) in [5, 5.41) is 2.94. The molecule has 0 aliphatic carbocycles. The molecule has 0 fully saturated rings. The second kappa shape index (κ2) is 8.37. The van der Waals surface area contributed by atoms with Crippen LogP contribution in [0, 0.1) is 0 Å². The number of methoxy groups -OCH3 is 2. The highest BCUT2D eigenvalue weighted by Gasteiger charge is 2.35. The molecule has 2 aromatic carbocycles. The fourth-order valence-electron chi connectivity index (χ4n) is 3.71. The molecule has 0 saturated carbocycles. The maximum absolute atomic E-state index is 12.8. The molecule has 2 heterocycles. The van der Waals surface area contributed by atoms with Crippen molar-refractivity contribution in [2.45, 2.75) is 19.3 Å². The summed E-state index contributed by atoms with van der Waals surface area (Å²) in [4.78, 5) is 21.6. The second-order valence-electron chi connectivity index (χ2n) is 6.96. The molecule has 6 nitrogen and oxygen atoms in total. The van der Waals surface area contributed by atoms with Crippen LogP contribution in [0.4, 0.5) is 11.4 Å². The number of pyridine rings is 1. The summed E-state index contributed by atoms with van der Waals surface area (Å²) in [5.74, 6) is 0.632. The van der Waals surface area contributed by atoms with Crippen LogP contribution in [0.25, 0.3) is 11.1 Å². The van der Waals surface area contributed by atoms with E-state index in [1.54, 1.807) is 32.7 Å². The molecule has 30 heavy (non-hydrogen) atoms. The third-order valence-electron chi connectivity index (χ3n) is 5.24. The number of amides is 1. The number of fused-ring (bicyclic) bond motifs is 1. The van der Waals surface area contributed by atoms with Gasteiger partial charge in [0, 0.05) is 29.9 Å². The van der Waals surface area contributed by atoms with Crippen LogP contribution in [0.15, 0.2) is 65.9 Å². The monoisotopic (exact) mass is 401 g/mol. The number of ether oxygens (including phenoxy) is 2. The number of nitrogens with zero attached hydrogens (tertiary/aromatic N) is 2. The molecule has 4 rings (SSSR count). The lowest BCUT2D eigenvalue weighted by Gasteiger charge is -2.14. The molecule has 1 N–H and O–H groups in total. The van der Waals surface area contributed by atoms with Crippen molar-refractivity contribution in [3.63, 3.8) is 0 Å². The van der Waals surface area contributed by atoms with Crippen LogP contribution in [-0.2, 0) is 4.79 Å². The summed E-state index contributed by atoms with van der Waals surface area (Å²) in [6, 6.07) is 15.6. The largest absolute Gasteiger partial charge is 0.493 e. The van der Waals surface area contributed by atoms with Gasteiger partial charge in [-0.2, -0.15) is 0 Å². The minimum Gasteiger partial charge on any atom is -0.493 e. The van der Waals surface area contributed by atoms with Gasteiger partial charge in [-0.25, -0.2) is 0 Å². The smallest absolute Gasteiger partial charge is 0.237 e. The minimum absolute atomic E-state index is 0.0886. The Hall–Kier alpha value is -3.67. The van der Waals surface area contributed by atoms with Crippen LogP contribution < -0.4 is 14.8 Å². The zero-order valence-electron chi connectivity index (χ0n) is 17.2. The molecule has 152 valence electrons. The minimum atomic E-state index is -0.454. The molecule has 1 aromatic heterocycles. The standard InChI is InChI=1S/C24H23N3O3/c1-4-19(26-17-7-5-15(6-8-17)16-9-11-25-12-10-16)23-18-13-21(29-2)22(30-3)14-20(18)27-24(23)28/h5-14,23H,4H2,1-3H3,(H,27,28). The first-order chi connectivity index (χ1) is 14.6. The van der Waals surface area contributed by atoms with Crippen molar-refractivity contribution in [1.29, 1.82) is 0 Å². The van der Waals surface area contributed by atoms with Gasteiger partial charge in [0.25, 0.3) is 0 Å². The molecule has 1 unspecified atom stereocenters. The quantitative estimate of drug-likeness (QED) is 0.591. The average Bonchev–Trinajstić information content (AvgIpc) is 3.12. The Morgan fingerprint density at radius 1 is 1.00 bits per heavy atom. The normalized spacial score (nSPS) is 15.5. The van der Waals surface area contributed by atoms with Gasteiger partial charge in [-0.15, -0.1) is 0 Å². The molecule has 0 bridgehead atoms. The van der Waals surface area contributed by atoms with Gasteiger partial charge in [-0.05, 0) is 53.4 Å². The zero-order chi connectivity index (χ0) is 21.1. The SMILES string of the molecule is CCC(=Nc1ccc(-c2ccncc2)cc1)C1C(=O)Nc2cc(OC)c(OC)cc21. The van der Waals surface area contributed by atoms with Crippen molar-refractivity contribution in [2.24, 2.45) is 4.99 Å². The lowest BCUT2D eigenvalue weighted by atomic mass is 9.93. The van der Waals surface area contributed by atoms with Crippen LogP contribution in [0.3, 0.4) is 0 Å². The van der Waals surface area contributed by atoms with E-state index < -0.39 is 5.92 Å². The summed E-state index contributed by atoms with van der Waals surface area (Å²) in [6.07, 6.45) is 4.20. The average molecular weight is 401 g/mol. The summed E-state index contributed by atoms with van der Waals surface area (Å²) in [6.45, 7) is 2.01. The fraction of sp³-hybridized carbons (Fsp3) is 0.208. The van der Waals surface area contributed by atoms with Gasteiger partial charge in [0.05, 0.1) is 19.9 Å². The lowest BCUT2D eigenvalue weighted by molar-refractivity contribution is -0.115. The molecular weight excluding hydrogens is 378 g/mol. The van der Waals surface area contributed by atoms with Crippen LogP contribution >= 0.6 is 0 Å². The molecule has 1 atom stereocenters. The van der Waals surface area contributed by atoms with Crippen molar-refractivity contribution >= 4 is 23.0 Å². The first kappa shape index (κ1) is 19.6. The van der Waals surface area contributed by atoms with E-state index in [4.69, 9.17) is 14.5 Å². The molecule has 0 radical (unpaired) electrons. The highest BCUT2D eigenvalue weighted by Crippen LogP contribution is 2.42. The maximum Gasteiger partial charge on any atom is 0.237 e. The van der Waals surface area contributed by atoms with Crippen LogP contribution in [0.1, 0.15) is 24.8 Å². The highest BCUT2D eigenvalue weighted by molar-refractivity contribution is 6.19. The number of carbonyl (C=O) groups excluding carboxylic acids is 1. The zero-order valence-corrected chi connectivity index (χ0v) is 17.2. The predicted molar refractivity (Wildman–Crippen MR) is 118 cm³/mol. The number of anilines is 1. The molecule has 6 heteroatoms. The van der Waals surface area contributed by atoms with Gasteiger partial charge in [0.1, 0.15) is 5.92 Å². The van der Waals surface area contributed by atoms with Crippen LogP contribution in [-0.4, -0.2) is 30.8 Å². The summed E-state index contributed by atoms with van der Waals surface area (Å²) >= 11 is 0. The Morgan fingerprint density at radius 3 is 2.27 bits per heavy atom. The molecule has 1 amide bonds. The van der Waals surface area contributed by atoms with E-state index in [1.165, 1.54) is 0 Å². The number of benzene rings is 2. The first-order valence-electron chi connectivity index (χ1n) is 9.79. The lowest BCUT2D eigenvalue weighted by Crippen LogP contribution is -2.20. The van der Waals surface area contributed by atoms with E-state index in [-0.39, 0.29) is 5.91 Å². The second-order valence-corrected chi connectivity index (χ2v) is 6.96. The van der Waals surface area contributed by atoms with Crippen LogP contribution in [0.5, 0.6) is 11.5 Å².